The summed E-state index contributed by atoms with van der Waals surface area (Å²) in [4.78, 5) is 30.2. The summed E-state index contributed by atoms with van der Waals surface area (Å²) in [6, 6.07) is 7.64. The van der Waals surface area contributed by atoms with Crippen molar-refractivity contribution in [3.63, 3.8) is 0 Å². The number of amides is 2. The van der Waals surface area contributed by atoms with Crippen LogP contribution >= 0.6 is 11.3 Å². The molecule has 1 aliphatic heterocycles. The highest BCUT2D eigenvalue weighted by Gasteiger charge is 2.29. The van der Waals surface area contributed by atoms with Crippen molar-refractivity contribution in [2.45, 2.75) is 19.8 Å². The van der Waals surface area contributed by atoms with Crippen molar-refractivity contribution in [2.24, 2.45) is 5.92 Å². The van der Waals surface area contributed by atoms with E-state index in [1.54, 1.807) is 29.4 Å². The molecular formula is C18H21N3O3S. The Bertz CT molecular complexity index is 716. The SMILES string of the molecule is CCOC(=O)N1CCCC(C(=O)Nc2ccc(-c3nccs3)cc2)C1. The fourth-order valence-electron chi connectivity index (χ4n) is 2.88. The summed E-state index contributed by atoms with van der Waals surface area (Å²) in [6.07, 6.45) is 3.01. The predicted molar refractivity (Wildman–Crippen MR) is 97.5 cm³/mol. The summed E-state index contributed by atoms with van der Waals surface area (Å²) in [5.74, 6) is -0.271. The normalized spacial score (nSPS) is 17.2. The van der Waals surface area contributed by atoms with E-state index in [2.05, 4.69) is 10.3 Å². The molecule has 0 aliphatic carbocycles. The van der Waals surface area contributed by atoms with Gasteiger partial charge < -0.3 is 15.0 Å². The highest BCUT2D eigenvalue weighted by molar-refractivity contribution is 7.13. The van der Waals surface area contributed by atoms with Gasteiger partial charge in [-0.25, -0.2) is 9.78 Å². The van der Waals surface area contributed by atoms with E-state index < -0.39 is 0 Å². The third kappa shape index (κ3) is 4.36. The molecular weight excluding hydrogens is 338 g/mol. The van der Waals surface area contributed by atoms with Crippen molar-refractivity contribution in [1.82, 2.24) is 9.88 Å². The number of piperidine rings is 1. The Morgan fingerprint density at radius 3 is 2.84 bits per heavy atom. The highest BCUT2D eigenvalue weighted by atomic mass is 32.1. The number of rotatable bonds is 4. The average Bonchev–Trinajstić information content (AvgIpc) is 3.17. The number of carbonyl (C=O) groups is 2. The molecule has 1 saturated heterocycles. The van der Waals surface area contributed by atoms with Crippen molar-refractivity contribution >= 4 is 29.0 Å². The number of benzene rings is 1. The number of nitrogens with one attached hydrogen (secondary N) is 1. The number of likely N-dealkylation sites (tertiary alicyclic amines) is 1. The summed E-state index contributed by atoms with van der Waals surface area (Å²) in [6.45, 7) is 3.17. The van der Waals surface area contributed by atoms with Crippen LogP contribution in [0, 0.1) is 5.92 Å². The van der Waals surface area contributed by atoms with Crippen LogP contribution in [-0.4, -0.2) is 41.6 Å². The number of hydrogen-bond acceptors (Lipinski definition) is 5. The minimum absolute atomic E-state index is 0.0593. The number of anilines is 1. The molecule has 1 atom stereocenters. The van der Waals surface area contributed by atoms with Gasteiger partial charge in [-0.1, -0.05) is 0 Å². The zero-order valence-electron chi connectivity index (χ0n) is 14.1. The first-order chi connectivity index (χ1) is 12.2. The second-order valence-electron chi connectivity index (χ2n) is 5.89. The lowest BCUT2D eigenvalue weighted by molar-refractivity contribution is -0.121. The Morgan fingerprint density at radius 2 is 2.16 bits per heavy atom. The van der Waals surface area contributed by atoms with Crippen molar-refractivity contribution in [1.29, 1.82) is 0 Å². The van der Waals surface area contributed by atoms with Gasteiger partial charge in [-0.15, -0.1) is 11.3 Å². The summed E-state index contributed by atoms with van der Waals surface area (Å²) in [5, 5.41) is 5.83. The number of ether oxygens (including phenoxy) is 1. The van der Waals surface area contributed by atoms with Gasteiger partial charge in [-0.05, 0) is 44.0 Å². The Morgan fingerprint density at radius 1 is 1.36 bits per heavy atom. The molecule has 25 heavy (non-hydrogen) atoms. The molecule has 0 radical (unpaired) electrons. The van der Waals surface area contributed by atoms with E-state index in [4.69, 9.17) is 4.74 Å². The molecule has 0 bridgehead atoms. The number of nitrogens with zero attached hydrogens (tertiary/aromatic N) is 2. The predicted octanol–water partition coefficient (Wildman–Crippen LogP) is 3.62. The molecule has 7 heteroatoms. The van der Waals surface area contributed by atoms with E-state index in [0.29, 0.717) is 19.7 Å². The Hall–Kier alpha value is -2.41. The topological polar surface area (TPSA) is 71.5 Å². The van der Waals surface area contributed by atoms with E-state index in [1.165, 1.54) is 0 Å². The van der Waals surface area contributed by atoms with Gasteiger partial charge in [0.05, 0.1) is 12.5 Å². The Labute approximate surface area is 150 Å². The third-order valence-corrected chi connectivity index (χ3v) is 4.97. The van der Waals surface area contributed by atoms with Crippen molar-refractivity contribution in [2.75, 3.05) is 25.0 Å². The van der Waals surface area contributed by atoms with Gasteiger partial charge in [0.1, 0.15) is 5.01 Å². The summed E-state index contributed by atoms with van der Waals surface area (Å²) in [7, 11) is 0. The van der Waals surface area contributed by atoms with E-state index in [9.17, 15) is 9.59 Å². The van der Waals surface area contributed by atoms with Crippen LogP contribution in [0.25, 0.3) is 10.6 Å². The first-order valence-corrected chi connectivity index (χ1v) is 9.28. The number of hydrogen-bond donors (Lipinski definition) is 1. The zero-order valence-corrected chi connectivity index (χ0v) is 14.9. The maximum absolute atomic E-state index is 12.5. The molecule has 1 aliphatic rings. The molecule has 1 aromatic heterocycles. The van der Waals surface area contributed by atoms with Crippen LogP contribution < -0.4 is 5.32 Å². The lowest BCUT2D eigenvalue weighted by Crippen LogP contribution is -2.44. The Kier molecular flexibility index (Phi) is 5.65. The number of aromatic nitrogens is 1. The van der Waals surface area contributed by atoms with Crippen molar-refractivity contribution in [3.8, 4) is 10.6 Å². The number of carbonyl (C=O) groups excluding carboxylic acids is 2. The molecule has 1 aromatic carbocycles. The Balaban J connectivity index is 1.59. The van der Waals surface area contributed by atoms with Crippen LogP contribution in [0.15, 0.2) is 35.8 Å². The van der Waals surface area contributed by atoms with Gasteiger partial charge in [-0.2, -0.15) is 0 Å². The molecule has 6 nitrogen and oxygen atoms in total. The lowest BCUT2D eigenvalue weighted by Gasteiger charge is -2.31. The van der Waals surface area contributed by atoms with E-state index in [-0.39, 0.29) is 17.9 Å². The van der Waals surface area contributed by atoms with Crippen LogP contribution in [0.3, 0.4) is 0 Å². The van der Waals surface area contributed by atoms with Crippen LogP contribution in [0.4, 0.5) is 10.5 Å². The zero-order chi connectivity index (χ0) is 17.6. The maximum atomic E-state index is 12.5. The molecule has 132 valence electrons. The molecule has 2 heterocycles. The number of thiazole rings is 1. The summed E-state index contributed by atoms with van der Waals surface area (Å²) >= 11 is 1.58. The fourth-order valence-corrected chi connectivity index (χ4v) is 3.52. The van der Waals surface area contributed by atoms with Crippen LogP contribution in [-0.2, 0) is 9.53 Å². The second-order valence-corrected chi connectivity index (χ2v) is 6.78. The second kappa shape index (κ2) is 8.11. The van der Waals surface area contributed by atoms with Gasteiger partial charge in [0.25, 0.3) is 0 Å². The van der Waals surface area contributed by atoms with E-state index >= 15 is 0 Å². The summed E-state index contributed by atoms with van der Waals surface area (Å²) < 4.78 is 5.03. The standard InChI is InChI=1S/C18H21N3O3S/c1-2-24-18(23)21-10-3-4-14(12-21)16(22)20-15-7-5-13(6-8-15)17-19-9-11-25-17/h5-9,11,14H,2-4,10,12H2,1H3,(H,20,22). The molecule has 0 spiro atoms. The molecule has 2 amide bonds. The fraction of sp³-hybridized carbons (Fsp3) is 0.389. The minimum atomic E-state index is -0.340. The van der Waals surface area contributed by atoms with Gasteiger partial charge in [0, 0.05) is 35.9 Å². The molecule has 2 aromatic rings. The largest absolute Gasteiger partial charge is 0.450 e. The van der Waals surface area contributed by atoms with Crippen molar-refractivity contribution in [3.05, 3.63) is 35.8 Å². The maximum Gasteiger partial charge on any atom is 0.409 e. The average molecular weight is 359 g/mol. The van der Waals surface area contributed by atoms with Gasteiger partial charge in [-0.3, -0.25) is 4.79 Å². The van der Waals surface area contributed by atoms with Crippen LogP contribution in [0.1, 0.15) is 19.8 Å². The van der Waals surface area contributed by atoms with Gasteiger partial charge in [0.15, 0.2) is 0 Å². The smallest absolute Gasteiger partial charge is 0.409 e. The monoisotopic (exact) mass is 359 g/mol. The summed E-state index contributed by atoms with van der Waals surface area (Å²) in [5.41, 5.74) is 1.78. The quantitative estimate of drug-likeness (QED) is 0.905. The van der Waals surface area contributed by atoms with Crippen LogP contribution in [0.2, 0.25) is 0 Å². The molecule has 0 saturated carbocycles. The van der Waals surface area contributed by atoms with Gasteiger partial charge in [0.2, 0.25) is 5.91 Å². The van der Waals surface area contributed by atoms with E-state index in [0.717, 1.165) is 29.1 Å². The lowest BCUT2D eigenvalue weighted by atomic mass is 9.97. The first-order valence-electron chi connectivity index (χ1n) is 8.40. The molecule has 1 unspecified atom stereocenters. The first kappa shape index (κ1) is 17.4. The van der Waals surface area contributed by atoms with Crippen molar-refractivity contribution < 1.29 is 14.3 Å². The van der Waals surface area contributed by atoms with Gasteiger partial charge >= 0.3 is 6.09 Å². The molecule has 1 N–H and O–H groups in total. The third-order valence-electron chi connectivity index (χ3n) is 4.15. The van der Waals surface area contributed by atoms with Crippen LogP contribution in [0.5, 0.6) is 0 Å². The molecule has 1 fully saturated rings. The minimum Gasteiger partial charge on any atom is -0.450 e. The highest BCUT2D eigenvalue weighted by Crippen LogP contribution is 2.24. The van der Waals surface area contributed by atoms with E-state index in [1.807, 2.05) is 29.6 Å². The molecule has 3 rings (SSSR count).